The molecular formula is C15H15Cl2N3O. The van der Waals surface area contributed by atoms with Crippen molar-refractivity contribution in [3.63, 3.8) is 0 Å². The molecular weight excluding hydrogens is 309 g/mol. The highest BCUT2D eigenvalue weighted by molar-refractivity contribution is 6.37. The molecule has 0 atom stereocenters. The van der Waals surface area contributed by atoms with Gasteiger partial charge in [0, 0.05) is 40.1 Å². The summed E-state index contributed by atoms with van der Waals surface area (Å²) in [6.45, 7) is 5.63. The summed E-state index contributed by atoms with van der Waals surface area (Å²) in [5.74, 6) is 0.776. The van der Waals surface area contributed by atoms with Gasteiger partial charge in [0.05, 0.1) is 0 Å². The summed E-state index contributed by atoms with van der Waals surface area (Å²) >= 11 is 12.6. The fourth-order valence-electron chi connectivity index (χ4n) is 2.09. The Labute approximate surface area is 133 Å². The summed E-state index contributed by atoms with van der Waals surface area (Å²) in [7, 11) is 0. The van der Waals surface area contributed by atoms with Crippen LogP contribution in [-0.2, 0) is 0 Å². The van der Waals surface area contributed by atoms with E-state index in [0.717, 1.165) is 16.7 Å². The second-order valence-electron chi connectivity index (χ2n) is 4.63. The van der Waals surface area contributed by atoms with Gasteiger partial charge in [-0.1, -0.05) is 28.4 Å². The molecule has 0 aliphatic rings. The molecule has 1 aromatic heterocycles. The van der Waals surface area contributed by atoms with Gasteiger partial charge in [0.15, 0.2) is 11.6 Å². The molecule has 0 aliphatic heterocycles. The minimum Gasteiger partial charge on any atom is -0.380 e. The molecule has 0 saturated carbocycles. The van der Waals surface area contributed by atoms with Crippen LogP contribution in [0.15, 0.2) is 29.7 Å². The number of nitrogens with two attached hydrogens (primary N) is 1. The van der Waals surface area contributed by atoms with E-state index >= 15 is 0 Å². The molecule has 110 valence electrons. The minimum atomic E-state index is 0.227. The summed E-state index contributed by atoms with van der Waals surface area (Å²) in [5, 5.41) is 5.12. The Kier molecular flexibility index (Phi) is 4.70. The maximum absolute atomic E-state index is 6.28. The number of benzene rings is 1. The van der Waals surface area contributed by atoms with E-state index in [4.69, 9.17) is 33.8 Å². The van der Waals surface area contributed by atoms with Gasteiger partial charge in [-0.2, -0.15) is 0 Å². The molecule has 6 heteroatoms. The third kappa shape index (κ3) is 3.12. The van der Waals surface area contributed by atoms with E-state index < -0.39 is 0 Å². The van der Waals surface area contributed by atoms with Crippen molar-refractivity contribution < 1.29 is 4.84 Å². The lowest BCUT2D eigenvalue weighted by atomic mass is 9.99. The first-order chi connectivity index (χ1) is 9.93. The topological polar surface area (TPSA) is 60.5 Å². The van der Waals surface area contributed by atoms with Gasteiger partial charge >= 0.3 is 0 Å². The van der Waals surface area contributed by atoms with Gasteiger partial charge in [-0.3, -0.25) is 4.98 Å². The molecule has 0 radical (unpaired) electrons. The molecule has 1 aromatic carbocycles. The third-order valence-electron chi connectivity index (χ3n) is 3.22. The van der Waals surface area contributed by atoms with Crippen LogP contribution in [-0.4, -0.2) is 10.8 Å². The van der Waals surface area contributed by atoms with Crippen molar-refractivity contribution in [1.82, 2.24) is 4.98 Å². The fraction of sp³-hybridized carbons (Fsp3) is 0.200. The van der Waals surface area contributed by atoms with Gasteiger partial charge < -0.3 is 10.6 Å². The van der Waals surface area contributed by atoms with E-state index in [2.05, 4.69) is 10.1 Å². The first-order valence-corrected chi connectivity index (χ1v) is 7.04. The lowest BCUT2D eigenvalue weighted by Gasteiger charge is -2.15. The van der Waals surface area contributed by atoms with Crippen LogP contribution in [0.25, 0.3) is 0 Å². The van der Waals surface area contributed by atoms with Crippen LogP contribution in [0.3, 0.4) is 0 Å². The second-order valence-corrected chi connectivity index (χ2v) is 5.38. The smallest absolute Gasteiger partial charge is 0.171 e. The number of hydrogen-bond acceptors (Lipinski definition) is 3. The number of nitrogens with zero attached hydrogens (tertiary/aromatic N) is 2. The van der Waals surface area contributed by atoms with Crippen molar-refractivity contribution in [2.45, 2.75) is 20.8 Å². The minimum absolute atomic E-state index is 0.227. The average molecular weight is 324 g/mol. The highest BCUT2D eigenvalue weighted by Crippen LogP contribution is 2.33. The van der Waals surface area contributed by atoms with Crippen LogP contribution >= 0.6 is 23.2 Å². The molecule has 0 aliphatic carbocycles. The molecule has 0 amide bonds. The zero-order chi connectivity index (χ0) is 15.6. The summed E-state index contributed by atoms with van der Waals surface area (Å²) in [6.07, 6.45) is 3.22. The standard InChI is InChI=1S/C15H15Cl2N3O/c1-8-12(9(2)14(17)10(3)13(8)16)15(18)20-21-11-4-6-19-7-5-11/h4-7H,1-3H3,(H2,18,20). The quantitative estimate of drug-likeness (QED) is 0.527. The van der Waals surface area contributed by atoms with Crippen LogP contribution in [0, 0.1) is 20.8 Å². The monoisotopic (exact) mass is 323 g/mol. The Morgan fingerprint density at radius 3 is 2.10 bits per heavy atom. The fourth-order valence-corrected chi connectivity index (χ4v) is 2.52. The third-order valence-corrected chi connectivity index (χ3v) is 4.36. The number of rotatable bonds is 3. The van der Waals surface area contributed by atoms with Gasteiger partial charge in [-0.25, -0.2) is 0 Å². The SMILES string of the molecule is Cc1c(Cl)c(C)c(/C(N)=N/Oc2ccncc2)c(C)c1Cl. The molecule has 0 spiro atoms. The van der Waals surface area contributed by atoms with E-state index in [1.165, 1.54) is 0 Å². The van der Waals surface area contributed by atoms with Crippen molar-refractivity contribution in [1.29, 1.82) is 0 Å². The first-order valence-electron chi connectivity index (χ1n) is 6.29. The van der Waals surface area contributed by atoms with E-state index in [1.807, 2.05) is 20.8 Å². The molecule has 2 aromatic rings. The largest absolute Gasteiger partial charge is 0.380 e. The Hall–Kier alpha value is -1.78. The van der Waals surface area contributed by atoms with Crippen molar-refractivity contribution in [3.05, 3.63) is 56.8 Å². The molecule has 0 fully saturated rings. The molecule has 4 nitrogen and oxygen atoms in total. The molecule has 1 heterocycles. The predicted molar refractivity (Wildman–Crippen MR) is 86.3 cm³/mol. The molecule has 2 rings (SSSR count). The Balaban J connectivity index is 2.42. The molecule has 2 N–H and O–H groups in total. The summed E-state index contributed by atoms with van der Waals surface area (Å²) in [6, 6.07) is 3.37. The first kappa shape index (κ1) is 15.6. The van der Waals surface area contributed by atoms with Crippen LogP contribution in [0.5, 0.6) is 5.75 Å². The zero-order valence-corrected chi connectivity index (χ0v) is 13.5. The molecule has 0 saturated heterocycles. The highest BCUT2D eigenvalue weighted by Gasteiger charge is 2.17. The maximum Gasteiger partial charge on any atom is 0.171 e. The van der Waals surface area contributed by atoms with E-state index in [1.54, 1.807) is 24.5 Å². The van der Waals surface area contributed by atoms with Gasteiger partial charge in [0.2, 0.25) is 0 Å². The summed E-state index contributed by atoms with van der Waals surface area (Å²) < 4.78 is 0. The number of amidine groups is 1. The lowest BCUT2D eigenvalue weighted by molar-refractivity contribution is 0.340. The van der Waals surface area contributed by atoms with Crippen LogP contribution < -0.4 is 10.6 Å². The van der Waals surface area contributed by atoms with Gasteiger partial charge in [0.25, 0.3) is 0 Å². The maximum atomic E-state index is 6.28. The normalized spacial score (nSPS) is 11.6. The summed E-state index contributed by atoms with van der Waals surface area (Å²) in [5.41, 5.74) is 9.22. The molecule has 0 bridgehead atoms. The number of hydrogen-bond donors (Lipinski definition) is 1. The van der Waals surface area contributed by atoms with Gasteiger partial charge in [-0.05, 0) is 37.5 Å². The summed E-state index contributed by atoms with van der Waals surface area (Å²) in [4.78, 5) is 9.18. The second kappa shape index (κ2) is 6.33. The van der Waals surface area contributed by atoms with Crippen molar-refractivity contribution in [2.75, 3.05) is 0 Å². The molecule has 0 unspecified atom stereocenters. The Bertz CT molecular complexity index is 671. The van der Waals surface area contributed by atoms with E-state index in [9.17, 15) is 0 Å². The van der Waals surface area contributed by atoms with Crippen molar-refractivity contribution in [3.8, 4) is 5.75 Å². The number of oxime groups is 1. The number of pyridine rings is 1. The zero-order valence-electron chi connectivity index (χ0n) is 11.9. The Morgan fingerprint density at radius 2 is 1.57 bits per heavy atom. The lowest BCUT2D eigenvalue weighted by Crippen LogP contribution is -2.18. The highest BCUT2D eigenvalue weighted by atomic mass is 35.5. The number of aromatic nitrogens is 1. The Morgan fingerprint density at radius 1 is 1.05 bits per heavy atom. The van der Waals surface area contributed by atoms with E-state index in [0.29, 0.717) is 21.4 Å². The van der Waals surface area contributed by atoms with Crippen molar-refractivity contribution >= 4 is 29.0 Å². The van der Waals surface area contributed by atoms with Crippen LogP contribution in [0.4, 0.5) is 0 Å². The van der Waals surface area contributed by atoms with E-state index in [-0.39, 0.29) is 5.84 Å². The predicted octanol–water partition coefficient (Wildman–Crippen LogP) is 4.01. The van der Waals surface area contributed by atoms with Crippen LogP contribution in [0.2, 0.25) is 10.0 Å². The number of halogens is 2. The van der Waals surface area contributed by atoms with Gasteiger partial charge in [-0.15, -0.1) is 0 Å². The van der Waals surface area contributed by atoms with Gasteiger partial charge in [0.1, 0.15) is 0 Å². The average Bonchev–Trinajstić information content (AvgIpc) is 2.50. The van der Waals surface area contributed by atoms with Crippen molar-refractivity contribution in [2.24, 2.45) is 10.9 Å². The van der Waals surface area contributed by atoms with Crippen LogP contribution in [0.1, 0.15) is 22.3 Å². The molecule has 21 heavy (non-hydrogen) atoms.